The van der Waals surface area contributed by atoms with Gasteiger partial charge >= 0.3 is 0 Å². The summed E-state index contributed by atoms with van der Waals surface area (Å²) < 4.78 is 1.85. The van der Waals surface area contributed by atoms with Gasteiger partial charge in [-0.3, -0.25) is 14.9 Å². The summed E-state index contributed by atoms with van der Waals surface area (Å²) in [6.45, 7) is 5.56. The Balaban J connectivity index is 1.74. The summed E-state index contributed by atoms with van der Waals surface area (Å²) in [6.07, 6.45) is 0. The van der Waals surface area contributed by atoms with Crippen LogP contribution in [0.15, 0.2) is 47.6 Å². The highest BCUT2D eigenvalue weighted by atomic mass is 32.2. The number of hydrogen-bond donors (Lipinski definition) is 1. The fourth-order valence-electron chi connectivity index (χ4n) is 2.76. The quantitative estimate of drug-likeness (QED) is 0.372. The average Bonchev–Trinajstić information content (AvgIpc) is 3.03. The molecule has 1 aromatic heterocycles. The normalized spacial score (nSPS) is 11.9. The van der Waals surface area contributed by atoms with Gasteiger partial charge in [-0.2, -0.15) is 0 Å². The van der Waals surface area contributed by atoms with Crippen molar-refractivity contribution in [3.63, 3.8) is 0 Å². The second-order valence-electron chi connectivity index (χ2n) is 6.74. The third-order valence-electron chi connectivity index (χ3n) is 4.45. The van der Waals surface area contributed by atoms with Crippen LogP contribution in [-0.2, 0) is 11.8 Å². The maximum absolute atomic E-state index is 12.6. The Kier molecular flexibility index (Phi) is 5.97. The number of non-ortho nitro benzene ring substituents is 1. The summed E-state index contributed by atoms with van der Waals surface area (Å²) in [6, 6.07) is 12.4. The van der Waals surface area contributed by atoms with Crippen LogP contribution < -0.4 is 5.32 Å². The van der Waals surface area contributed by atoms with Gasteiger partial charge in [-0.1, -0.05) is 41.6 Å². The Morgan fingerprint density at radius 3 is 2.66 bits per heavy atom. The Morgan fingerprint density at radius 1 is 1.21 bits per heavy atom. The smallest absolute Gasteiger partial charge is 0.271 e. The molecule has 0 saturated carbocycles. The SMILES string of the molecule is Cc1cccc(-c2nnc(S[C@@H](C)C(=O)Nc3cc([N+](=O)[O-])ccc3C)n2C)c1. The van der Waals surface area contributed by atoms with Gasteiger partial charge in [0, 0.05) is 24.7 Å². The lowest BCUT2D eigenvalue weighted by molar-refractivity contribution is -0.384. The van der Waals surface area contributed by atoms with Crippen molar-refractivity contribution in [1.82, 2.24) is 14.8 Å². The van der Waals surface area contributed by atoms with E-state index in [-0.39, 0.29) is 11.6 Å². The number of hydrogen-bond acceptors (Lipinski definition) is 6. The van der Waals surface area contributed by atoms with Crippen LogP contribution in [0.25, 0.3) is 11.4 Å². The van der Waals surface area contributed by atoms with E-state index < -0.39 is 10.2 Å². The molecule has 0 aliphatic heterocycles. The number of rotatable bonds is 6. The number of aromatic nitrogens is 3. The van der Waals surface area contributed by atoms with Gasteiger partial charge in [0.1, 0.15) is 0 Å². The lowest BCUT2D eigenvalue weighted by Crippen LogP contribution is -2.23. The number of amides is 1. The van der Waals surface area contributed by atoms with Crippen molar-refractivity contribution in [2.45, 2.75) is 31.2 Å². The number of nitro groups is 1. The summed E-state index contributed by atoms with van der Waals surface area (Å²) in [5.41, 5.74) is 3.19. The topological polar surface area (TPSA) is 103 Å². The van der Waals surface area contributed by atoms with Crippen LogP contribution in [0, 0.1) is 24.0 Å². The molecular formula is C20H21N5O3S. The lowest BCUT2D eigenvalue weighted by atomic mass is 10.1. The molecule has 2 aromatic carbocycles. The maximum Gasteiger partial charge on any atom is 0.271 e. The molecule has 3 rings (SSSR count). The van der Waals surface area contributed by atoms with Crippen molar-refractivity contribution in [3.05, 3.63) is 63.7 Å². The number of carbonyl (C=O) groups excluding carboxylic acids is 1. The van der Waals surface area contributed by atoms with Crippen molar-refractivity contribution in [2.24, 2.45) is 7.05 Å². The summed E-state index contributed by atoms with van der Waals surface area (Å²) in [5, 5.41) is 22.4. The molecule has 0 fully saturated rings. The molecular weight excluding hydrogens is 390 g/mol. The molecule has 1 amide bonds. The molecule has 3 aromatic rings. The molecule has 1 N–H and O–H groups in total. The first-order valence-corrected chi connectivity index (χ1v) is 9.83. The molecule has 9 heteroatoms. The fraction of sp³-hybridized carbons (Fsp3) is 0.250. The van der Waals surface area contributed by atoms with Crippen LogP contribution in [0.4, 0.5) is 11.4 Å². The molecule has 0 aliphatic carbocycles. The van der Waals surface area contributed by atoms with Crippen molar-refractivity contribution in [2.75, 3.05) is 5.32 Å². The second-order valence-corrected chi connectivity index (χ2v) is 8.05. The number of nitrogens with zero attached hydrogens (tertiary/aromatic N) is 4. The zero-order chi connectivity index (χ0) is 21.1. The Hall–Kier alpha value is -3.20. The summed E-state index contributed by atoms with van der Waals surface area (Å²) in [4.78, 5) is 23.1. The van der Waals surface area contributed by atoms with E-state index in [0.29, 0.717) is 10.8 Å². The van der Waals surface area contributed by atoms with E-state index in [1.54, 1.807) is 19.9 Å². The van der Waals surface area contributed by atoms with Crippen LogP contribution in [0.1, 0.15) is 18.1 Å². The monoisotopic (exact) mass is 411 g/mol. The van der Waals surface area contributed by atoms with Gasteiger partial charge in [0.2, 0.25) is 5.91 Å². The van der Waals surface area contributed by atoms with Crippen molar-refractivity contribution >= 4 is 29.0 Å². The Bertz CT molecular complexity index is 1080. The minimum Gasteiger partial charge on any atom is -0.325 e. The molecule has 0 aliphatic rings. The van der Waals surface area contributed by atoms with Gasteiger partial charge in [0.15, 0.2) is 11.0 Å². The molecule has 1 atom stereocenters. The second kappa shape index (κ2) is 8.44. The first-order valence-electron chi connectivity index (χ1n) is 8.95. The largest absolute Gasteiger partial charge is 0.325 e. The van der Waals surface area contributed by atoms with Crippen LogP contribution in [0.3, 0.4) is 0 Å². The zero-order valence-corrected chi connectivity index (χ0v) is 17.4. The summed E-state index contributed by atoms with van der Waals surface area (Å²) in [7, 11) is 1.86. The fourth-order valence-corrected chi connectivity index (χ4v) is 3.57. The van der Waals surface area contributed by atoms with Crippen LogP contribution in [0.5, 0.6) is 0 Å². The van der Waals surface area contributed by atoms with Crippen molar-refractivity contribution < 1.29 is 9.72 Å². The predicted molar refractivity (Wildman–Crippen MR) is 113 cm³/mol. The highest BCUT2D eigenvalue weighted by Crippen LogP contribution is 2.28. The molecule has 0 bridgehead atoms. The van der Waals surface area contributed by atoms with Crippen LogP contribution in [-0.4, -0.2) is 30.8 Å². The lowest BCUT2D eigenvalue weighted by Gasteiger charge is -2.13. The molecule has 8 nitrogen and oxygen atoms in total. The average molecular weight is 411 g/mol. The molecule has 0 saturated heterocycles. The molecule has 29 heavy (non-hydrogen) atoms. The number of benzene rings is 2. The zero-order valence-electron chi connectivity index (χ0n) is 16.5. The summed E-state index contributed by atoms with van der Waals surface area (Å²) in [5.74, 6) is 0.456. The van der Waals surface area contributed by atoms with E-state index in [9.17, 15) is 14.9 Å². The molecule has 1 heterocycles. The van der Waals surface area contributed by atoms with Crippen LogP contribution >= 0.6 is 11.8 Å². The van der Waals surface area contributed by atoms with Gasteiger partial charge in [-0.05, 0) is 32.4 Å². The number of nitrogens with one attached hydrogen (secondary N) is 1. The van der Waals surface area contributed by atoms with Crippen molar-refractivity contribution in [3.8, 4) is 11.4 Å². The van der Waals surface area contributed by atoms with E-state index in [0.717, 1.165) is 22.5 Å². The number of aryl methyl sites for hydroxylation is 2. The van der Waals surface area contributed by atoms with E-state index in [4.69, 9.17) is 0 Å². The van der Waals surface area contributed by atoms with Gasteiger partial charge < -0.3 is 9.88 Å². The van der Waals surface area contributed by atoms with E-state index in [1.165, 1.54) is 23.9 Å². The molecule has 0 radical (unpaired) electrons. The van der Waals surface area contributed by atoms with Crippen molar-refractivity contribution in [1.29, 1.82) is 0 Å². The number of nitro benzene ring substituents is 1. The number of thioether (sulfide) groups is 1. The van der Waals surface area contributed by atoms with E-state index in [1.807, 2.05) is 42.8 Å². The standard InChI is InChI=1S/C20H21N5O3S/c1-12-6-5-7-15(10-12)18-22-23-20(24(18)4)29-14(3)19(26)21-17-11-16(25(27)28)9-8-13(17)2/h5-11,14H,1-4H3,(H,21,26)/t14-/m0/s1. The Morgan fingerprint density at radius 2 is 1.97 bits per heavy atom. The van der Waals surface area contributed by atoms with Crippen LogP contribution in [0.2, 0.25) is 0 Å². The highest BCUT2D eigenvalue weighted by Gasteiger charge is 2.21. The Labute approximate surface area is 172 Å². The summed E-state index contributed by atoms with van der Waals surface area (Å²) >= 11 is 1.28. The maximum atomic E-state index is 12.6. The highest BCUT2D eigenvalue weighted by molar-refractivity contribution is 8.00. The third kappa shape index (κ3) is 4.62. The number of carbonyl (C=O) groups is 1. The first kappa shape index (κ1) is 20.5. The van der Waals surface area contributed by atoms with E-state index in [2.05, 4.69) is 15.5 Å². The molecule has 0 spiro atoms. The van der Waals surface area contributed by atoms with Gasteiger partial charge in [-0.15, -0.1) is 10.2 Å². The van der Waals surface area contributed by atoms with Gasteiger partial charge in [0.05, 0.1) is 15.9 Å². The number of anilines is 1. The van der Waals surface area contributed by atoms with Gasteiger partial charge in [0.25, 0.3) is 5.69 Å². The first-order chi connectivity index (χ1) is 13.8. The van der Waals surface area contributed by atoms with E-state index >= 15 is 0 Å². The molecule has 0 unspecified atom stereocenters. The minimum atomic E-state index is -0.486. The minimum absolute atomic E-state index is 0.0673. The third-order valence-corrected chi connectivity index (χ3v) is 5.59. The van der Waals surface area contributed by atoms with Gasteiger partial charge in [-0.25, -0.2) is 0 Å². The predicted octanol–water partition coefficient (Wildman–Crippen LogP) is 4.13. The molecule has 150 valence electrons.